The van der Waals surface area contributed by atoms with Crippen molar-refractivity contribution in [2.45, 2.75) is 33.1 Å². The molecule has 1 aromatic carbocycles. The summed E-state index contributed by atoms with van der Waals surface area (Å²) in [6.45, 7) is 5.93. The van der Waals surface area contributed by atoms with Gasteiger partial charge in [-0.05, 0) is 56.2 Å². The van der Waals surface area contributed by atoms with Gasteiger partial charge in [-0.1, -0.05) is 28.1 Å². The number of halogens is 1. The summed E-state index contributed by atoms with van der Waals surface area (Å²) in [4.78, 5) is 14.7. The summed E-state index contributed by atoms with van der Waals surface area (Å²) in [6, 6.07) is 6.00. The molecule has 0 N–H and O–H groups in total. The molecule has 1 aliphatic rings. The highest BCUT2D eigenvalue weighted by Crippen LogP contribution is 2.23. The molecule has 3 heteroatoms. The van der Waals surface area contributed by atoms with Crippen molar-refractivity contribution in [3.8, 4) is 0 Å². The molecular weight excluding hydrogens is 302 g/mol. The lowest BCUT2D eigenvalue weighted by Crippen LogP contribution is -2.40. The summed E-state index contributed by atoms with van der Waals surface area (Å²) in [5.41, 5.74) is 3.19. The maximum absolute atomic E-state index is 12.6. The van der Waals surface area contributed by atoms with Gasteiger partial charge in [-0.15, -0.1) is 0 Å². The zero-order valence-electron chi connectivity index (χ0n) is 11.8. The smallest absolute Gasteiger partial charge is 0.254 e. The topological polar surface area (TPSA) is 20.3 Å². The molecule has 1 fully saturated rings. The fourth-order valence-electron chi connectivity index (χ4n) is 2.79. The molecule has 1 aliphatic heterocycles. The first-order valence-corrected chi connectivity index (χ1v) is 8.17. The summed E-state index contributed by atoms with van der Waals surface area (Å²) >= 11 is 3.50. The van der Waals surface area contributed by atoms with Crippen molar-refractivity contribution in [2.75, 3.05) is 18.4 Å². The number of alkyl halides is 1. The van der Waals surface area contributed by atoms with E-state index in [9.17, 15) is 4.79 Å². The van der Waals surface area contributed by atoms with Gasteiger partial charge in [-0.3, -0.25) is 4.79 Å². The van der Waals surface area contributed by atoms with Crippen molar-refractivity contribution in [2.24, 2.45) is 5.92 Å². The van der Waals surface area contributed by atoms with E-state index in [0.29, 0.717) is 5.92 Å². The minimum absolute atomic E-state index is 0.209. The van der Waals surface area contributed by atoms with Gasteiger partial charge in [0.25, 0.3) is 5.91 Å². The van der Waals surface area contributed by atoms with E-state index in [1.54, 1.807) is 0 Å². The van der Waals surface area contributed by atoms with Crippen molar-refractivity contribution >= 4 is 21.8 Å². The fraction of sp³-hybridized carbons (Fsp3) is 0.562. The van der Waals surface area contributed by atoms with Crippen LogP contribution in [0.15, 0.2) is 18.2 Å². The molecule has 1 aromatic rings. The van der Waals surface area contributed by atoms with Crippen LogP contribution in [0.25, 0.3) is 0 Å². The maximum atomic E-state index is 12.6. The minimum Gasteiger partial charge on any atom is -0.338 e. The van der Waals surface area contributed by atoms with E-state index in [1.165, 1.54) is 12.0 Å². The molecule has 0 aliphatic carbocycles. The second-order valence-electron chi connectivity index (χ2n) is 5.48. The van der Waals surface area contributed by atoms with Crippen LogP contribution < -0.4 is 0 Å². The van der Waals surface area contributed by atoms with Crippen LogP contribution in [-0.4, -0.2) is 29.2 Å². The van der Waals surface area contributed by atoms with E-state index in [-0.39, 0.29) is 5.91 Å². The number of carbonyl (C=O) groups is 1. The van der Waals surface area contributed by atoms with Crippen molar-refractivity contribution in [1.82, 2.24) is 4.90 Å². The van der Waals surface area contributed by atoms with E-state index >= 15 is 0 Å². The van der Waals surface area contributed by atoms with Gasteiger partial charge >= 0.3 is 0 Å². The molecule has 1 atom stereocenters. The van der Waals surface area contributed by atoms with Gasteiger partial charge in [-0.2, -0.15) is 0 Å². The highest BCUT2D eigenvalue weighted by atomic mass is 79.9. The monoisotopic (exact) mass is 323 g/mol. The van der Waals surface area contributed by atoms with E-state index in [2.05, 4.69) is 28.9 Å². The molecule has 0 aromatic heterocycles. The molecule has 0 spiro atoms. The number of aryl methyl sites for hydroxylation is 1. The third-order valence-electron chi connectivity index (χ3n) is 4.16. The quantitative estimate of drug-likeness (QED) is 0.771. The first kappa shape index (κ1) is 14.6. The zero-order chi connectivity index (χ0) is 13.8. The van der Waals surface area contributed by atoms with Crippen LogP contribution in [0, 0.1) is 19.8 Å². The van der Waals surface area contributed by atoms with Crippen molar-refractivity contribution in [3.63, 3.8) is 0 Å². The number of carbonyl (C=O) groups excluding carboxylic acids is 1. The van der Waals surface area contributed by atoms with E-state index in [4.69, 9.17) is 0 Å². The predicted molar refractivity (Wildman–Crippen MR) is 83.0 cm³/mol. The summed E-state index contributed by atoms with van der Waals surface area (Å²) in [5, 5.41) is 1.03. The Hall–Kier alpha value is -0.830. The largest absolute Gasteiger partial charge is 0.338 e. The second kappa shape index (κ2) is 6.56. The number of rotatable bonds is 3. The van der Waals surface area contributed by atoms with Crippen LogP contribution in [0.5, 0.6) is 0 Å². The Morgan fingerprint density at radius 2 is 2.21 bits per heavy atom. The van der Waals surface area contributed by atoms with Crippen LogP contribution in [0.4, 0.5) is 0 Å². The van der Waals surface area contributed by atoms with Crippen LogP contribution in [-0.2, 0) is 0 Å². The van der Waals surface area contributed by atoms with Crippen molar-refractivity contribution in [3.05, 3.63) is 34.9 Å². The van der Waals surface area contributed by atoms with Crippen LogP contribution in [0.1, 0.15) is 40.7 Å². The number of likely N-dealkylation sites (tertiary alicyclic amines) is 1. The molecule has 1 amide bonds. The molecular formula is C16H22BrNO. The lowest BCUT2D eigenvalue weighted by Gasteiger charge is -2.33. The van der Waals surface area contributed by atoms with Gasteiger partial charge in [0, 0.05) is 24.0 Å². The predicted octanol–water partition coefficient (Wildman–Crippen LogP) is 3.94. The third kappa shape index (κ3) is 3.38. The van der Waals surface area contributed by atoms with Gasteiger partial charge in [0.15, 0.2) is 0 Å². The van der Waals surface area contributed by atoms with Gasteiger partial charge in [0.2, 0.25) is 0 Å². The Morgan fingerprint density at radius 1 is 1.42 bits per heavy atom. The van der Waals surface area contributed by atoms with Gasteiger partial charge in [0.05, 0.1) is 0 Å². The van der Waals surface area contributed by atoms with E-state index in [0.717, 1.165) is 42.4 Å². The zero-order valence-corrected chi connectivity index (χ0v) is 13.4. The Morgan fingerprint density at radius 3 is 2.95 bits per heavy atom. The molecule has 1 heterocycles. The number of piperidine rings is 1. The molecule has 0 radical (unpaired) electrons. The second-order valence-corrected chi connectivity index (χ2v) is 6.28. The number of hydrogen-bond donors (Lipinski definition) is 0. The standard InChI is InChI=1S/C16H22BrNO/c1-12-5-3-7-15(13(12)2)16(19)18-10-4-6-14(11-18)8-9-17/h3,5,7,14H,4,6,8-11H2,1-2H3. The average molecular weight is 324 g/mol. The molecule has 1 unspecified atom stereocenters. The van der Waals surface area contributed by atoms with E-state index < -0.39 is 0 Å². The van der Waals surface area contributed by atoms with Gasteiger partial charge in [-0.25, -0.2) is 0 Å². The third-order valence-corrected chi connectivity index (χ3v) is 4.62. The molecule has 0 saturated carbocycles. The van der Waals surface area contributed by atoms with Crippen molar-refractivity contribution < 1.29 is 4.79 Å². The highest BCUT2D eigenvalue weighted by Gasteiger charge is 2.24. The summed E-state index contributed by atoms with van der Waals surface area (Å²) in [6.07, 6.45) is 3.55. The SMILES string of the molecule is Cc1cccc(C(=O)N2CCCC(CCBr)C2)c1C. The summed E-state index contributed by atoms with van der Waals surface area (Å²) in [5.74, 6) is 0.864. The first-order valence-electron chi connectivity index (χ1n) is 7.05. The number of amides is 1. The number of benzene rings is 1. The van der Waals surface area contributed by atoms with Gasteiger partial charge < -0.3 is 4.90 Å². The van der Waals surface area contributed by atoms with Crippen LogP contribution in [0.2, 0.25) is 0 Å². The maximum Gasteiger partial charge on any atom is 0.254 e. The lowest BCUT2D eigenvalue weighted by atomic mass is 9.94. The van der Waals surface area contributed by atoms with E-state index in [1.807, 2.05) is 24.0 Å². The Kier molecular flexibility index (Phi) is 5.03. The molecule has 2 rings (SSSR count). The molecule has 104 valence electrons. The van der Waals surface area contributed by atoms with Crippen LogP contribution >= 0.6 is 15.9 Å². The summed E-state index contributed by atoms with van der Waals surface area (Å²) < 4.78 is 0. The average Bonchev–Trinajstić information content (AvgIpc) is 2.42. The molecule has 19 heavy (non-hydrogen) atoms. The Bertz CT molecular complexity index is 456. The number of hydrogen-bond acceptors (Lipinski definition) is 1. The van der Waals surface area contributed by atoms with Gasteiger partial charge in [0.1, 0.15) is 0 Å². The molecule has 1 saturated heterocycles. The highest BCUT2D eigenvalue weighted by molar-refractivity contribution is 9.09. The Labute approximate surface area is 124 Å². The Balaban J connectivity index is 2.12. The number of nitrogens with zero attached hydrogens (tertiary/aromatic N) is 1. The minimum atomic E-state index is 0.209. The lowest BCUT2D eigenvalue weighted by molar-refractivity contribution is 0.0671. The normalized spacial score (nSPS) is 19.5. The van der Waals surface area contributed by atoms with Crippen LogP contribution in [0.3, 0.4) is 0 Å². The molecule has 2 nitrogen and oxygen atoms in total. The first-order chi connectivity index (χ1) is 9.13. The summed E-state index contributed by atoms with van der Waals surface area (Å²) in [7, 11) is 0. The van der Waals surface area contributed by atoms with Crippen molar-refractivity contribution in [1.29, 1.82) is 0 Å². The molecule has 0 bridgehead atoms. The fourth-order valence-corrected chi connectivity index (χ4v) is 3.44.